The molecule has 0 fully saturated rings. The molecule has 0 bridgehead atoms. The predicted octanol–water partition coefficient (Wildman–Crippen LogP) is 4.05. The molecule has 0 aliphatic rings. The average Bonchev–Trinajstić information content (AvgIpc) is 3.15. The highest BCUT2D eigenvalue weighted by molar-refractivity contribution is 7.93. The van der Waals surface area contributed by atoms with Crippen molar-refractivity contribution in [2.24, 2.45) is 0 Å². The molecular weight excluding hydrogens is 725 g/mol. The Morgan fingerprint density at radius 1 is 0.585 bits per heavy atom. The predicted molar refractivity (Wildman–Crippen MR) is 201 cm³/mol. The maximum atomic E-state index is 13.9. The molecule has 0 unspecified atom stereocenters. The van der Waals surface area contributed by atoms with Gasteiger partial charge in [-0.1, -0.05) is 35.4 Å². The normalized spacial score (nSPS) is 11.9. The largest absolute Gasteiger partial charge is 0.493 e. The van der Waals surface area contributed by atoms with Crippen LogP contribution < -0.4 is 38.2 Å². The van der Waals surface area contributed by atoms with Crippen LogP contribution in [0, 0.1) is 13.8 Å². The second kappa shape index (κ2) is 17.4. The van der Waals surface area contributed by atoms with E-state index in [2.05, 4.69) is 10.6 Å². The van der Waals surface area contributed by atoms with Gasteiger partial charge < -0.3 is 29.6 Å². The van der Waals surface area contributed by atoms with Gasteiger partial charge in [0.15, 0.2) is 23.0 Å². The van der Waals surface area contributed by atoms with Gasteiger partial charge >= 0.3 is 0 Å². The number of aryl methyl sites for hydroxylation is 2. The average molecular weight is 769 g/mol. The molecule has 4 rings (SSSR count). The van der Waals surface area contributed by atoms with Crippen LogP contribution >= 0.6 is 0 Å². The van der Waals surface area contributed by atoms with Crippen LogP contribution in [0.5, 0.6) is 23.0 Å². The van der Waals surface area contributed by atoms with Crippen molar-refractivity contribution >= 4 is 43.2 Å². The van der Waals surface area contributed by atoms with Crippen molar-refractivity contribution in [3.05, 3.63) is 96.1 Å². The summed E-state index contributed by atoms with van der Waals surface area (Å²) < 4.78 is 78.7. The molecule has 1 atom stereocenters. The first-order chi connectivity index (χ1) is 25.1. The fourth-order valence-electron chi connectivity index (χ4n) is 5.22. The van der Waals surface area contributed by atoms with Gasteiger partial charge in [-0.2, -0.15) is 0 Å². The third-order valence-corrected chi connectivity index (χ3v) is 11.7. The van der Waals surface area contributed by atoms with Crippen LogP contribution in [0.2, 0.25) is 0 Å². The summed E-state index contributed by atoms with van der Waals surface area (Å²) in [6.07, 6.45) is 0. The summed E-state index contributed by atoms with van der Waals surface area (Å²) in [6.45, 7) is 4.08. The fourth-order valence-corrected chi connectivity index (χ4v) is 8.09. The summed E-state index contributed by atoms with van der Waals surface area (Å²) in [6, 6.07) is 20.9. The Morgan fingerprint density at radius 3 is 1.34 bits per heavy atom. The van der Waals surface area contributed by atoms with Crippen molar-refractivity contribution in [1.82, 2.24) is 10.6 Å². The molecule has 0 spiro atoms. The van der Waals surface area contributed by atoms with Gasteiger partial charge in [0.2, 0.25) is 11.8 Å². The lowest BCUT2D eigenvalue weighted by Gasteiger charge is -2.26. The first-order valence-corrected chi connectivity index (χ1v) is 19.2. The number of nitrogens with zero attached hydrogens (tertiary/aromatic N) is 2. The van der Waals surface area contributed by atoms with Crippen LogP contribution in [0.4, 0.5) is 11.4 Å². The molecule has 0 aliphatic carbocycles. The topological polar surface area (TPSA) is 170 Å². The molecule has 0 aliphatic heterocycles. The minimum atomic E-state index is -4.28. The van der Waals surface area contributed by atoms with E-state index in [0.29, 0.717) is 11.5 Å². The molecule has 0 radical (unpaired) electrons. The van der Waals surface area contributed by atoms with Gasteiger partial charge in [-0.3, -0.25) is 18.2 Å². The van der Waals surface area contributed by atoms with Gasteiger partial charge in [0, 0.05) is 24.7 Å². The molecule has 16 heteroatoms. The summed E-state index contributed by atoms with van der Waals surface area (Å²) in [5.74, 6) is -0.223. The smallest absolute Gasteiger partial charge is 0.264 e. The molecule has 0 aromatic heterocycles. The molecule has 0 heterocycles. The molecule has 53 heavy (non-hydrogen) atoms. The number of anilines is 2. The third-order valence-electron chi connectivity index (χ3n) is 8.12. The Bertz CT molecular complexity index is 2130. The van der Waals surface area contributed by atoms with Gasteiger partial charge in [-0.05, 0) is 69.3 Å². The fraction of sp³-hybridized carbons (Fsp3) is 0.297. The Kier molecular flexibility index (Phi) is 13.2. The van der Waals surface area contributed by atoms with E-state index in [-0.39, 0.29) is 39.2 Å². The monoisotopic (exact) mass is 768 g/mol. The maximum absolute atomic E-state index is 13.9. The van der Waals surface area contributed by atoms with Crippen LogP contribution in [0.1, 0.15) is 18.1 Å². The highest BCUT2D eigenvalue weighted by atomic mass is 32.2. The second-order valence-electron chi connectivity index (χ2n) is 12.0. The summed E-state index contributed by atoms with van der Waals surface area (Å²) in [5, 5.41) is 5.39. The van der Waals surface area contributed by atoms with Crippen molar-refractivity contribution in [2.75, 3.05) is 56.7 Å². The van der Waals surface area contributed by atoms with Crippen LogP contribution in [0.15, 0.2) is 94.7 Å². The first kappa shape index (κ1) is 40.3. The van der Waals surface area contributed by atoms with Crippen molar-refractivity contribution in [2.45, 2.75) is 36.6 Å². The zero-order chi connectivity index (χ0) is 38.9. The number of sulfonamides is 2. The lowest BCUT2D eigenvalue weighted by Crippen LogP contribution is -2.48. The summed E-state index contributed by atoms with van der Waals surface area (Å²) in [5.41, 5.74) is 2.30. The number of nitrogens with one attached hydrogen (secondary N) is 2. The van der Waals surface area contributed by atoms with Crippen molar-refractivity contribution < 1.29 is 45.4 Å². The van der Waals surface area contributed by atoms with E-state index in [4.69, 9.17) is 18.9 Å². The van der Waals surface area contributed by atoms with Crippen LogP contribution in [-0.4, -0.2) is 82.8 Å². The summed E-state index contributed by atoms with van der Waals surface area (Å²) >= 11 is 0. The number of hydrogen-bond donors (Lipinski definition) is 2. The number of ether oxygens (including phenoxy) is 4. The highest BCUT2D eigenvalue weighted by Gasteiger charge is 2.30. The van der Waals surface area contributed by atoms with E-state index in [0.717, 1.165) is 19.7 Å². The van der Waals surface area contributed by atoms with Crippen molar-refractivity contribution in [1.29, 1.82) is 0 Å². The minimum absolute atomic E-state index is 0.0876. The van der Waals surface area contributed by atoms with Gasteiger partial charge in [-0.25, -0.2) is 16.8 Å². The van der Waals surface area contributed by atoms with Gasteiger partial charge in [-0.15, -0.1) is 0 Å². The maximum Gasteiger partial charge on any atom is 0.264 e. The standard InChI is InChI=1S/C37H44N4O10S2/c1-25-8-12-28(13-9-25)40(52(44,45)30-16-18-32(48-4)34(20-30)50-6)23-36(42)38-22-27(3)39-37(43)24-41(29-14-10-26(2)11-15-29)53(46,47)31-17-19-33(49-5)35(21-31)51-7/h8-21,27H,22-24H2,1-7H3,(H,38,42)(H,39,43)/t27-/m0/s1. The molecule has 2 N–H and O–H groups in total. The first-order valence-electron chi connectivity index (χ1n) is 16.3. The molecule has 4 aromatic rings. The number of hydrogen-bond acceptors (Lipinski definition) is 10. The van der Waals surface area contributed by atoms with Crippen LogP contribution in [-0.2, 0) is 29.6 Å². The number of benzene rings is 4. The van der Waals surface area contributed by atoms with Gasteiger partial charge in [0.25, 0.3) is 20.0 Å². The van der Waals surface area contributed by atoms with Crippen molar-refractivity contribution in [3.8, 4) is 23.0 Å². The van der Waals surface area contributed by atoms with E-state index in [1.807, 2.05) is 13.8 Å². The van der Waals surface area contributed by atoms with Crippen LogP contribution in [0.3, 0.4) is 0 Å². The summed E-state index contributed by atoms with van der Waals surface area (Å²) in [7, 11) is -2.92. The molecule has 4 aromatic carbocycles. The third kappa shape index (κ3) is 9.70. The second-order valence-corrected chi connectivity index (χ2v) is 15.7. The quantitative estimate of drug-likeness (QED) is 0.160. The van der Waals surface area contributed by atoms with Gasteiger partial charge in [0.1, 0.15) is 13.1 Å². The SMILES string of the molecule is COc1ccc(S(=O)(=O)N(CC(=O)NC[C@H](C)NC(=O)CN(c2ccc(C)cc2)S(=O)(=O)c2ccc(OC)c(OC)c2)c2ccc(C)cc2)cc1OC. The molecule has 2 amide bonds. The number of carbonyl (C=O) groups excluding carboxylic acids is 2. The van der Waals surface area contributed by atoms with E-state index >= 15 is 0 Å². The summed E-state index contributed by atoms with van der Waals surface area (Å²) in [4.78, 5) is 26.4. The van der Waals surface area contributed by atoms with E-state index in [1.54, 1.807) is 55.5 Å². The van der Waals surface area contributed by atoms with Gasteiger partial charge in [0.05, 0.1) is 49.6 Å². The van der Waals surface area contributed by atoms with E-state index in [9.17, 15) is 26.4 Å². The molecule has 284 valence electrons. The van der Waals surface area contributed by atoms with Crippen molar-refractivity contribution in [3.63, 3.8) is 0 Å². The Balaban J connectivity index is 1.49. The zero-order valence-electron chi connectivity index (χ0n) is 30.6. The number of carbonyl (C=O) groups is 2. The highest BCUT2D eigenvalue weighted by Crippen LogP contribution is 2.33. The molecule has 14 nitrogen and oxygen atoms in total. The molecule has 0 saturated heterocycles. The lowest BCUT2D eigenvalue weighted by molar-refractivity contribution is -0.122. The van der Waals surface area contributed by atoms with Crippen LogP contribution in [0.25, 0.3) is 0 Å². The van der Waals surface area contributed by atoms with E-state index in [1.165, 1.54) is 64.8 Å². The Labute approximate surface area is 310 Å². The Morgan fingerprint density at radius 2 is 0.962 bits per heavy atom. The zero-order valence-corrected chi connectivity index (χ0v) is 32.2. The number of amides is 2. The molecule has 0 saturated carbocycles. The number of methoxy groups -OCH3 is 4. The lowest BCUT2D eigenvalue weighted by atomic mass is 10.2. The minimum Gasteiger partial charge on any atom is -0.493 e. The van der Waals surface area contributed by atoms with E-state index < -0.39 is 51.0 Å². The number of rotatable bonds is 17. The Hall–Kier alpha value is -5.48. The molecular formula is C37H44N4O10S2.